The monoisotopic (exact) mass is 501 g/mol. The van der Waals surface area contributed by atoms with E-state index < -0.39 is 0 Å². The van der Waals surface area contributed by atoms with Crippen LogP contribution in [0.3, 0.4) is 0 Å². The summed E-state index contributed by atoms with van der Waals surface area (Å²) < 4.78 is 2.42. The molecule has 0 saturated heterocycles. The average Bonchev–Trinajstić information content (AvgIpc) is 2.74. The van der Waals surface area contributed by atoms with Crippen molar-refractivity contribution in [2.45, 2.75) is 38.3 Å². The van der Waals surface area contributed by atoms with Crippen molar-refractivity contribution in [2.24, 2.45) is 0 Å². The summed E-state index contributed by atoms with van der Waals surface area (Å²) in [5.74, 6) is -0.450. The molecule has 31 heavy (non-hydrogen) atoms. The van der Waals surface area contributed by atoms with E-state index in [1.165, 1.54) is 4.57 Å². The maximum absolute atomic E-state index is 13.3. The molecule has 8 heteroatoms. The molecule has 2 aromatic carbocycles. The predicted molar refractivity (Wildman–Crippen MR) is 128 cm³/mol. The average molecular weight is 502 g/mol. The first kappa shape index (κ1) is 23.1. The molecule has 0 saturated carbocycles. The Balaban J connectivity index is 1.91. The highest BCUT2D eigenvalue weighted by Crippen LogP contribution is 2.25. The number of carbonyl (C=O) groups is 1. The molecule has 0 aliphatic heterocycles. The first-order valence-corrected chi connectivity index (χ1v) is 11.8. The summed E-state index contributed by atoms with van der Waals surface area (Å²) in [5, 5.41) is 13.5. The molecule has 1 amide bonds. The Morgan fingerprint density at radius 2 is 1.90 bits per heavy atom. The van der Waals surface area contributed by atoms with Crippen LogP contribution in [0.25, 0.3) is 5.69 Å². The third-order valence-electron chi connectivity index (χ3n) is 4.72. The number of nitrogens with zero attached hydrogens (tertiary/aromatic N) is 2. The fourth-order valence-electron chi connectivity index (χ4n) is 3.08. The molecule has 0 unspecified atom stereocenters. The Bertz CT molecular complexity index is 1130. The molecular formula is C23H24BrN3O3S. The lowest BCUT2D eigenvalue weighted by atomic mass is 10.1. The zero-order valence-corrected chi connectivity index (χ0v) is 19.8. The molecule has 3 aromatic rings. The standard InChI is InChI=1S/C23H24BrN3O3S/c1-3-4-8-18-21(29)26-23(27(22(18)30)19-9-6-5-7-15(19)2)31-14-20(28)25-17-12-10-16(24)11-13-17/h5-7,9-13,29H,3-4,8,14H2,1-2H3,(H,25,28). The topological polar surface area (TPSA) is 84.2 Å². The van der Waals surface area contributed by atoms with Crippen LogP contribution in [0, 0.1) is 6.92 Å². The number of para-hydroxylation sites is 1. The van der Waals surface area contributed by atoms with Gasteiger partial charge in [-0.3, -0.25) is 14.2 Å². The smallest absolute Gasteiger partial charge is 0.265 e. The van der Waals surface area contributed by atoms with Gasteiger partial charge in [-0.2, -0.15) is 4.98 Å². The Morgan fingerprint density at radius 1 is 1.19 bits per heavy atom. The highest BCUT2D eigenvalue weighted by molar-refractivity contribution is 9.10. The van der Waals surface area contributed by atoms with Gasteiger partial charge in [0.15, 0.2) is 5.16 Å². The number of nitrogens with one attached hydrogen (secondary N) is 1. The number of hydrogen-bond acceptors (Lipinski definition) is 5. The molecule has 0 fully saturated rings. The summed E-state index contributed by atoms with van der Waals surface area (Å²) in [5.41, 5.74) is 2.27. The van der Waals surface area contributed by atoms with Gasteiger partial charge in [-0.15, -0.1) is 0 Å². The Morgan fingerprint density at radius 3 is 2.58 bits per heavy atom. The van der Waals surface area contributed by atoms with Gasteiger partial charge in [0.2, 0.25) is 11.8 Å². The summed E-state index contributed by atoms with van der Waals surface area (Å²) in [7, 11) is 0. The van der Waals surface area contributed by atoms with Gasteiger partial charge in [0.1, 0.15) is 0 Å². The molecule has 3 rings (SSSR count). The molecular weight excluding hydrogens is 478 g/mol. The van der Waals surface area contributed by atoms with Crippen molar-refractivity contribution in [3.8, 4) is 11.6 Å². The van der Waals surface area contributed by atoms with Crippen LogP contribution in [0.2, 0.25) is 0 Å². The highest BCUT2D eigenvalue weighted by Gasteiger charge is 2.19. The van der Waals surface area contributed by atoms with E-state index in [-0.39, 0.29) is 28.3 Å². The van der Waals surface area contributed by atoms with Crippen LogP contribution in [-0.4, -0.2) is 26.3 Å². The lowest BCUT2D eigenvalue weighted by Gasteiger charge is -2.16. The number of thioether (sulfide) groups is 1. The van der Waals surface area contributed by atoms with Crippen molar-refractivity contribution in [2.75, 3.05) is 11.1 Å². The molecule has 2 N–H and O–H groups in total. The van der Waals surface area contributed by atoms with Gasteiger partial charge in [-0.1, -0.05) is 59.2 Å². The fourth-order valence-corrected chi connectivity index (χ4v) is 4.14. The first-order chi connectivity index (χ1) is 14.9. The van der Waals surface area contributed by atoms with E-state index in [0.717, 1.165) is 34.6 Å². The number of rotatable bonds is 8. The number of amides is 1. The third kappa shape index (κ3) is 5.77. The molecule has 0 aliphatic rings. The summed E-state index contributed by atoms with van der Waals surface area (Å²) in [6.07, 6.45) is 2.13. The van der Waals surface area contributed by atoms with Gasteiger partial charge >= 0.3 is 0 Å². The fraction of sp³-hybridized carbons (Fsp3) is 0.261. The van der Waals surface area contributed by atoms with Gasteiger partial charge in [0, 0.05) is 10.2 Å². The minimum Gasteiger partial charge on any atom is -0.493 e. The van der Waals surface area contributed by atoms with Gasteiger partial charge in [0.25, 0.3) is 5.56 Å². The van der Waals surface area contributed by atoms with Gasteiger partial charge in [-0.25, -0.2) is 0 Å². The number of aromatic nitrogens is 2. The lowest BCUT2D eigenvalue weighted by molar-refractivity contribution is -0.113. The number of unbranched alkanes of at least 4 members (excludes halogenated alkanes) is 1. The molecule has 0 spiro atoms. The maximum atomic E-state index is 13.3. The van der Waals surface area contributed by atoms with Crippen molar-refractivity contribution < 1.29 is 9.90 Å². The van der Waals surface area contributed by atoms with Crippen molar-refractivity contribution >= 4 is 39.3 Å². The van der Waals surface area contributed by atoms with Crippen molar-refractivity contribution in [1.82, 2.24) is 9.55 Å². The number of benzene rings is 2. The largest absolute Gasteiger partial charge is 0.493 e. The molecule has 0 bridgehead atoms. The minimum atomic E-state index is -0.300. The normalized spacial score (nSPS) is 10.8. The zero-order chi connectivity index (χ0) is 22.4. The molecule has 0 atom stereocenters. The van der Waals surface area contributed by atoms with Crippen LogP contribution in [0.1, 0.15) is 30.9 Å². The van der Waals surface area contributed by atoms with Crippen molar-refractivity contribution in [1.29, 1.82) is 0 Å². The molecule has 1 aromatic heterocycles. The minimum absolute atomic E-state index is 0.0438. The van der Waals surface area contributed by atoms with E-state index in [2.05, 4.69) is 26.2 Å². The summed E-state index contributed by atoms with van der Waals surface area (Å²) in [6.45, 7) is 3.94. The van der Waals surface area contributed by atoms with Gasteiger partial charge in [0.05, 0.1) is 17.0 Å². The zero-order valence-electron chi connectivity index (χ0n) is 17.4. The summed E-state index contributed by atoms with van der Waals surface area (Å²) >= 11 is 4.48. The van der Waals surface area contributed by atoms with E-state index >= 15 is 0 Å². The second-order valence-corrected chi connectivity index (χ2v) is 8.93. The predicted octanol–water partition coefficient (Wildman–Crippen LogP) is 5.08. The van der Waals surface area contributed by atoms with Gasteiger partial charge in [-0.05, 0) is 55.7 Å². The third-order valence-corrected chi connectivity index (χ3v) is 6.19. The molecule has 0 radical (unpaired) electrons. The van der Waals surface area contributed by atoms with Crippen LogP contribution in [-0.2, 0) is 11.2 Å². The van der Waals surface area contributed by atoms with E-state index in [9.17, 15) is 14.7 Å². The molecule has 1 heterocycles. The van der Waals surface area contributed by atoms with E-state index in [1.54, 1.807) is 12.1 Å². The van der Waals surface area contributed by atoms with E-state index in [4.69, 9.17) is 0 Å². The lowest BCUT2D eigenvalue weighted by Crippen LogP contribution is -2.26. The van der Waals surface area contributed by atoms with E-state index in [1.807, 2.05) is 50.2 Å². The second-order valence-electron chi connectivity index (χ2n) is 7.07. The first-order valence-electron chi connectivity index (χ1n) is 9.99. The summed E-state index contributed by atoms with van der Waals surface area (Å²) in [4.78, 5) is 30.0. The Kier molecular flexibility index (Phi) is 7.92. The summed E-state index contributed by atoms with van der Waals surface area (Å²) in [6, 6.07) is 14.8. The number of aryl methyl sites for hydroxylation is 1. The van der Waals surface area contributed by atoms with Crippen LogP contribution in [0.15, 0.2) is 63.0 Å². The van der Waals surface area contributed by atoms with Crippen LogP contribution in [0.4, 0.5) is 5.69 Å². The Labute approximate surface area is 193 Å². The number of hydrogen-bond donors (Lipinski definition) is 2. The number of aromatic hydroxyl groups is 1. The van der Waals surface area contributed by atoms with E-state index in [0.29, 0.717) is 23.4 Å². The number of anilines is 1. The Hall–Kier alpha value is -2.58. The van der Waals surface area contributed by atoms with Crippen LogP contribution in [0.5, 0.6) is 5.88 Å². The molecule has 162 valence electrons. The van der Waals surface area contributed by atoms with Crippen molar-refractivity contribution in [3.05, 3.63) is 74.5 Å². The maximum Gasteiger partial charge on any atom is 0.265 e. The number of halogens is 1. The SMILES string of the molecule is CCCCc1c(O)nc(SCC(=O)Nc2ccc(Br)cc2)n(-c2ccccc2C)c1=O. The number of carbonyl (C=O) groups excluding carboxylic acids is 1. The van der Waals surface area contributed by atoms with Crippen LogP contribution < -0.4 is 10.9 Å². The van der Waals surface area contributed by atoms with Crippen molar-refractivity contribution in [3.63, 3.8) is 0 Å². The molecule has 6 nitrogen and oxygen atoms in total. The van der Waals surface area contributed by atoms with Crippen LogP contribution >= 0.6 is 27.7 Å². The highest BCUT2D eigenvalue weighted by atomic mass is 79.9. The second kappa shape index (κ2) is 10.6. The molecule has 0 aliphatic carbocycles. The van der Waals surface area contributed by atoms with Gasteiger partial charge < -0.3 is 10.4 Å². The quantitative estimate of drug-likeness (QED) is 0.332.